The molecule has 3 aliphatic rings. The predicted octanol–water partition coefficient (Wildman–Crippen LogP) is 8.05. The Hall–Kier alpha value is -0.0900. The van der Waals surface area contributed by atoms with Crippen molar-refractivity contribution < 1.29 is 0 Å². The van der Waals surface area contributed by atoms with Crippen LogP contribution in [0.2, 0.25) is 0 Å². The Morgan fingerprint density at radius 1 is 0.692 bits per heavy atom. The average Bonchev–Trinajstić information content (AvgIpc) is 2.68. The van der Waals surface area contributed by atoms with Crippen molar-refractivity contribution >= 4 is 9.24 Å². The smallest absolute Gasteiger partial charge is 0.0233 e. The molecule has 0 amide bonds. The zero-order chi connectivity index (χ0) is 18.8. The van der Waals surface area contributed by atoms with Crippen LogP contribution in [0.25, 0.3) is 0 Å². The maximum atomic E-state index is 3.96. The molecule has 1 unspecified atom stereocenters. The first-order chi connectivity index (χ1) is 12.7. The van der Waals surface area contributed by atoms with Gasteiger partial charge < -0.3 is 0 Å². The van der Waals surface area contributed by atoms with E-state index in [4.69, 9.17) is 0 Å². The molecule has 0 radical (unpaired) electrons. The highest BCUT2D eigenvalue weighted by molar-refractivity contribution is 7.16. The van der Waals surface area contributed by atoms with Crippen LogP contribution in [-0.4, -0.2) is 6.16 Å². The molecule has 3 fully saturated rings. The molecule has 3 rings (SSSR count). The van der Waals surface area contributed by atoms with Crippen LogP contribution in [0.15, 0.2) is 24.8 Å². The van der Waals surface area contributed by atoms with Crippen molar-refractivity contribution in [1.82, 2.24) is 0 Å². The van der Waals surface area contributed by atoms with Crippen LogP contribution in [0.1, 0.15) is 90.9 Å². The highest BCUT2D eigenvalue weighted by Gasteiger charge is 2.29. The van der Waals surface area contributed by atoms with Crippen LogP contribution in [-0.2, 0) is 0 Å². The van der Waals surface area contributed by atoms with E-state index in [1.165, 1.54) is 83.2 Å². The monoisotopic (exact) mass is 376 g/mol. The molecule has 0 saturated heterocycles. The van der Waals surface area contributed by atoms with Crippen LogP contribution in [0.5, 0.6) is 0 Å². The van der Waals surface area contributed by atoms with Gasteiger partial charge in [0.2, 0.25) is 0 Å². The van der Waals surface area contributed by atoms with Crippen LogP contribution in [0.3, 0.4) is 0 Å². The summed E-state index contributed by atoms with van der Waals surface area (Å²) in [6.45, 7) is 8.49. The topological polar surface area (TPSA) is 0 Å². The Bertz CT molecular complexity index is 388. The molecular formula is C25H45P. The molecule has 0 aliphatic heterocycles. The van der Waals surface area contributed by atoms with Gasteiger partial charge in [-0.1, -0.05) is 44.9 Å². The highest BCUT2D eigenvalue weighted by atomic mass is 31.0. The standard InChI is InChI=1S/C23H38.C2H7P/c1-3-19-6-8-20(9-7-19)10-11-21-12-16-23(17-13-21)22-14-4-18(2)5-15-22;1-2-3/h3,10-11,18-23H,1,4-9,12-17H2,2H3;2-3H2,1H3/b11-10+;. The molecule has 0 spiro atoms. The molecule has 0 aromatic carbocycles. The molecule has 1 heteroatoms. The first-order valence-electron chi connectivity index (χ1n) is 11.7. The fraction of sp³-hybridized carbons (Fsp3) is 0.840. The van der Waals surface area contributed by atoms with Gasteiger partial charge in [-0.15, -0.1) is 15.8 Å². The van der Waals surface area contributed by atoms with Crippen molar-refractivity contribution in [2.45, 2.75) is 90.9 Å². The lowest BCUT2D eigenvalue weighted by Gasteiger charge is -2.36. The van der Waals surface area contributed by atoms with E-state index in [9.17, 15) is 0 Å². The quantitative estimate of drug-likeness (QED) is 0.344. The summed E-state index contributed by atoms with van der Waals surface area (Å²) in [6, 6.07) is 0. The lowest BCUT2D eigenvalue weighted by molar-refractivity contribution is 0.160. The normalized spacial score (nSPS) is 38.4. The summed E-state index contributed by atoms with van der Waals surface area (Å²) in [7, 11) is 2.58. The molecule has 3 aliphatic carbocycles. The van der Waals surface area contributed by atoms with E-state index in [0.29, 0.717) is 0 Å². The Balaban J connectivity index is 0.000000758. The van der Waals surface area contributed by atoms with Crippen molar-refractivity contribution in [1.29, 1.82) is 0 Å². The molecule has 26 heavy (non-hydrogen) atoms. The third-order valence-electron chi connectivity index (χ3n) is 7.35. The van der Waals surface area contributed by atoms with Gasteiger partial charge in [0, 0.05) is 0 Å². The van der Waals surface area contributed by atoms with Crippen LogP contribution in [0.4, 0.5) is 0 Å². The first-order valence-corrected chi connectivity index (χ1v) is 12.5. The lowest BCUT2D eigenvalue weighted by atomic mass is 9.69. The number of hydrogen-bond acceptors (Lipinski definition) is 0. The van der Waals surface area contributed by atoms with Gasteiger partial charge in [-0.2, -0.15) is 0 Å². The number of rotatable bonds is 4. The van der Waals surface area contributed by atoms with Gasteiger partial charge in [0.25, 0.3) is 0 Å². The zero-order valence-electron chi connectivity index (χ0n) is 17.7. The van der Waals surface area contributed by atoms with Crippen molar-refractivity contribution in [3.63, 3.8) is 0 Å². The molecule has 0 aromatic rings. The van der Waals surface area contributed by atoms with Gasteiger partial charge >= 0.3 is 0 Å². The van der Waals surface area contributed by atoms with Gasteiger partial charge in [-0.25, -0.2) is 0 Å². The second-order valence-electron chi connectivity index (χ2n) is 9.40. The Labute approximate surface area is 166 Å². The summed E-state index contributed by atoms with van der Waals surface area (Å²) >= 11 is 0. The minimum atomic E-state index is 0.799. The largest absolute Gasteiger partial charge is 0.138 e. The van der Waals surface area contributed by atoms with Gasteiger partial charge in [0.05, 0.1) is 0 Å². The molecule has 0 heterocycles. The van der Waals surface area contributed by atoms with Gasteiger partial charge in [0.15, 0.2) is 0 Å². The van der Waals surface area contributed by atoms with Crippen LogP contribution >= 0.6 is 9.24 Å². The lowest BCUT2D eigenvalue weighted by Crippen LogP contribution is -2.24. The minimum Gasteiger partial charge on any atom is -0.138 e. The average molecular weight is 377 g/mol. The molecule has 1 atom stereocenters. The van der Waals surface area contributed by atoms with E-state index in [0.717, 1.165) is 35.5 Å². The van der Waals surface area contributed by atoms with E-state index < -0.39 is 0 Å². The summed E-state index contributed by atoms with van der Waals surface area (Å²) in [5.41, 5.74) is 0. The summed E-state index contributed by atoms with van der Waals surface area (Å²) in [5, 5.41) is 0. The van der Waals surface area contributed by atoms with E-state index in [1.54, 1.807) is 0 Å². The fourth-order valence-electron chi connectivity index (χ4n) is 5.45. The van der Waals surface area contributed by atoms with Crippen molar-refractivity contribution in [3.8, 4) is 0 Å². The maximum absolute atomic E-state index is 3.96. The fourth-order valence-corrected chi connectivity index (χ4v) is 5.45. The summed E-state index contributed by atoms with van der Waals surface area (Å²) in [4.78, 5) is 0. The first kappa shape index (κ1) is 22.2. The summed E-state index contributed by atoms with van der Waals surface area (Å²) in [6.07, 6.45) is 26.1. The SMILES string of the molecule is C=CC1CCC(/C=C/C2CCC(C3CCC(C)CC3)CC2)CC1.CCP. The van der Waals surface area contributed by atoms with Crippen LogP contribution in [0, 0.1) is 35.5 Å². The van der Waals surface area contributed by atoms with E-state index in [-0.39, 0.29) is 0 Å². The molecule has 0 aromatic heterocycles. The molecule has 0 nitrogen and oxygen atoms in total. The van der Waals surface area contributed by atoms with Gasteiger partial charge in [-0.05, 0) is 106 Å². The molecule has 150 valence electrons. The third-order valence-corrected chi connectivity index (χ3v) is 7.35. The van der Waals surface area contributed by atoms with Crippen LogP contribution < -0.4 is 0 Å². The Morgan fingerprint density at radius 3 is 1.46 bits per heavy atom. The Morgan fingerprint density at radius 2 is 1.04 bits per heavy atom. The molecule has 3 saturated carbocycles. The van der Waals surface area contributed by atoms with E-state index in [1.807, 2.05) is 0 Å². The third kappa shape index (κ3) is 7.50. The number of hydrogen-bond donors (Lipinski definition) is 0. The summed E-state index contributed by atoms with van der Waals surface area (Å²) in [5.74, 6) is 5.70. The minimum absolute atomic E-state index is 0.799. The summed E-state index contributed by atoms with van der Waals surface area (Å²) < 4.78 is 0. The van der Waals surface area contributed by atoms with Gasteiger partial charge in [0.1, 0.15) is 0 Å². The second-order valence-corrected chi connectivity index (χ2v) is 10.2. The van der Waals surface area contributed by atoms with Crippen molar-refractivity contribution in [2.75, 3.05) is 6.16 Å². The van der Waals surface area contributed by atoms with Gasteiger partial charge in [-0.3, -0.25) is 0 Å². The Kier molecular flexibility index (Phi) is 10.6. The van der Waals surface area contributed by atoms with E-state index in [2.05, 4.69) is 47.9 Å². The molecule has 0 N–H and O–H groups in total. The number of allylic oxidation sites excluding steroid dienone is 3. The predicted molar refractivity (Wildman–Crippen MR) is 122 cm³/mol. The van der Waals surface area contributed by atoms with Crippen molar-refractivity contribution in [2.24, 2.45) is 35.5 Å². The maximum Gasteiger partial charge on any atom is -0.0233 e. The highest BCUT2D eigenvalue weighted by Crippen LogP contribution is 2.41. The zero-order valence-corrected chi connectivity index (χ0v) is 18.8. The van der Waals surface area contributed by atoms with Crippen molar-refractivity contribution in [3.05, 3.63) is 24.8 Å². The molecular weight excluding hydrogens is 331 g/mol. The second kappa shape index (κ2) is 12.4. The molecule has 0 bridgehead atoms. The van der Waals surface area contributed by atoms with E-state index >= 15 is 0 Å².